The van der Waals surface area contributed by atoms with Crippen LogP contribution in [0.1, 0.15) is 18.1 Å². The van der Waals surface area contributed by atoms with Crippen LogP contribution in [0, 0.1) is 5.82 Å². The molecule has 7 heteroatoms. The number of ether oxygens (including phenoxy) is 1. The fourth-order valence-corrected chi connectivity index (χ4v) is 1.54. The largest absolute Gasteiger partial charge is 0.494 e. The normalized spacial score (nSPS) is 12.5. The molecule has 2 rings (SSSR count). The number of tetrazole rings is 1. The third-order valence-corrected chi connectivity index (χ3v) is 2.42. The summed E-state index contributed by atoms with van der Waals surface area (Å²) in [5.41, 5.74) is 0.593. The predicted octanol–water partition coefficient (Wildman–Crippen LogP) is 2.11. The van der Waals surface area contributed by atoms with Gasteiger partial charge in [0.2, 0.25) is 0 Å². The van der Waals surface area contributed by atoms with Gasteiger partial charge in [0, 0.05) is 6.07 Å². The highest BCUT2D eigenvalue weighted by molar-refractivity contribution is 6.20. The number of nitrogens with zero attached hydrogens (tertiary/aromatic N) is 4. The summed E-state index contributed by atoms with van der Waals surface area (Å²) >= 11 is 5.94. The van der Waals surface area contributed by atoms with Crippen LogP contribution in [0.3, 0.4) is 0 Å². The van der Waals surface area contributed by atoms with Crippen molar-refractivity contribution in [3.63, 3.8) is 0 Å². The van der Waals surface area contributed by atoms with Gasteiger partial charge in [-0.05, 0) is 29.5 Å². The highest BCUT2D eigenvalue weighted by atomic mass is 35.5. The molecule has 0 saturated carbocycles. The van der Waals surface area contributed by atoms with Crippen molar-refractivity contribution in [2.24, 2.45) is 0 Å². The van der Waals surface area contributed by atoms with Crippen LogP contribution in [0.4, 0.5) is 4.39 Å². The third kappa shape index (κ3) is 2.21. The first-order valence-electron chi connectivity index (χ1n) is 4.89. The Morgan fingerprint density at radius 2 is 2.24 bits per heavy atom. The Morgan fingerprint density at radius 3 is 2.88 bits per heavy atom. The molecular weight excluding hydrogens is 247 g/mol. The van der Waals surface area contributed by atoms with E-state index in [1.54, 1.807) is 13.0 Å². The fraction of sp³-hybridized carbons (Fsp3) is 0.300. The molecule has 0 bridgehead atoms. The first kappa shape index (κ1) is 11.8. The molecule has 17 heavy (non-hydrogen) atoms. The van der Waals surface area contributed by atoms with E-state index in [2.05, 4.69) is 15.5 Å². The molecule has 0 fully saturated rings. The monoisotopic (exact) mass is 256 g/mol. The van der Waals surface area contributed by atoms with Crippen molar-refractivity contribution in [2.45, 2.75) is 12.3 Å². The van der Waals surface area contributed by atoms with Crippen LogP contribution in [-0.4, -0.2) is 27.3 Å². The molecule has 0 aliphatic heterocycles. The van der Waals surface area contributed by atoms with Crippen molar-refractivity contribution in [3.8, 4) is 11.4 Å². The molecule has 0 aliphatic rings. The van der Waals surface area contributed by atoms with Gasteiger partial charge in [-0.2, -0.15) is 4.68 Å². The van der Waals surface area contributed by atoms with Crippen molar-refractivity contribution >= 4 is 11.6 Å². The van der Waals surface area contributed by atoms with Gasteiger partial charge in [0.05, 0.1) is 18.2 Å². The molecule has 1 atom stereocenters. The Bertz CT molecular complexity index is 529. The molecule has 1 aromatic carbocycles. The van der Waals surface area contributed by atoms with Crippen molar-refractivity contribution < 1.29 is 9.13 Å². The second kappa shape index (κ2) is 4.67. The molecule has 0 N–H and O–H groups in total. The number of methoxy groups -OCH3 is 1. The average Bonchev–Trinajstić information content (AvgIpc) is 2.78. The number of alkyl halides is 1. The molecule has 1 unspecified atom stereocenters. The second-order valence-electron chi connectivity index (χ2n) is 3.38. The summed E-state index contributed by atoms with van der Waals surface area (Å²) in [5, 5.41) is 10.8. The SMILES string of the molecule is COc1cc(-n2nnnc2C(C)Cl)ccc1F. The molecule has 1 aromatic heterocycles. The predicted molar refractivity (Wildman–Crippen MR) is 59.9 cm³/mol. The number of benzene rings is 1. The van der Waals surface area contributed by atoms with Crippen LogP contribution < -0.4 is 4.74 Å². The van der Waals surface area contributed by atoms with E-state index in [9.17, 15) is 4.39 Å². The van der Waals surface area contributed by atoms with Crippen LogP contribution in [0.2, 0.25) is 0 Å². The van der Waals surface area contributed by atoms with Gasteiger partial charge in [-0.3, -0.25) is 0 Å². The van der Waals surface area contributed by atoms with E-state index in [-0.39, 0.29) is 11.1 Å². The smallest absolute Gasteiger partial charge is 0.174 e. The van der Waals surface area contributed by atoms with E-state index in [4.69, 9.17) is 16.3 Å². The molecule has 0 aliphatic carbocycles. The van der Waals surface area contributed by atoms with E-state index in [1.165, 1.54) is 23.9 Å². The second-order valence-corrected chi connectivity index (χ2v) is 4.04. The molecule has 0 radical (unpaired) electrons. The Hall–Kier alpha value is -1.69. The zero-order chi connectivity index (χ0) is 12.4. The van der Waals surface area contributed by atoms with Gasteiger partial charge in [0.15, 0.2) is 17.4 Å². The summed E-state index contributed by atoms with van der Waals surface area (Å²) in [7, 11) is 1.40. The van der Waals surface area contributed by atoms with Crippen molar-refractivity contribution in [1.82, 2.24) is 20.2 Å². The van der Waals surface area contributed by atoms with Crippen LogP contribution in [-0.2, 0) is 0 Å². The maximum atomic E-state index is 13.3. The van der Waals surface area contributed by atoms with Crippen molar-refractivity contribution in [2.75, 3.05) is 7.11 Å². The lowest BCUT2D eigenvalue weighted by molar-refractivity contribution is 0.386. The number of hydrogen-bond donors (Lipinski definition) is 0. The quantitative estimate of drug-likeness (QED) is 0.790. The van der Waals surface area contributed by atoms with Crippen LogP contribution in [0.25, 0.3) is 5.69 Å². The maximum absolute atomic E-state index is 13.3. The van der Waals surface area contributed by atoms with Gasteiger partial charge in [-0.15, -0.1) is 16.7 Å². The summed E-state index contributed by atoms with van der Waals surface area (Å²) in [6.07, 6.45) is 0. The van der Waals surface area contributed by atoms with Gasteiger partial charge in [0.1, 0.15) is 0 Å². The van der Waals surface area contributed by atoms with Gasteiger partial charge in [-0.1, -0.05) is 0 Å². The lowest BCUT2D eigenvalue weighted by Gasteiger charge is -2.08. The number of aromatic nitrogens is 4. The summed E-state index contributed by atoms with van der Waals surface area (Å²) in [6.45, 7) is 1.75. The minimum absolute atomic E-state index is 0.131. The third-order valence-electron chi connectivity index (χ3n) is 2.23. The molecule has 0 spiro atoms. The zero-order valence-electron chi connectivity index (χ0n) is 9.26. The number of rotatable bonds is 3. The topological polar surface area (TPSA) is 52.8 Å². The first-order chi connectivity index (χ1) is 8.13. The summed E-state index contributed by atoms with van der Waals surface area (Å²) in [6, 6.07) is 4.35. The fourth-order valence-electron chi connectivity index (χ4n) is 1.41. The van der Waals surface area contributed by atoms with Crippen molar-refractivity contribution in [3.05, 3.63) is 29.8 Å². The van der Waals surface area contributed by atoms with Crippen LogP contribution >= 0.6 is 11.6 Å². The minimum atomic E-state index is -0.440. The molecule has 0 amide bonds. The Kier molecular flexibility index (Phi) is 3.23. The summed E-state index contributed by atoms with van der Waals surface area (Å²) < 4.78 is 19.6. The van der Waals surface area contributed by atoms with Gasteiger partial charge in [0.25, 0.3) is 0 Å². The van der Waals surface area contributed by atoms with Crippen molar-refractivity contribution in [1.29, 1.82) is 0 Å². The van der Waals surface area contributed by atoms with Gasteiger partial charge >= 0.3 is 0 Å². The van der Waals surface area contributed by atoms with Crippen LogP contribution in [0.15, 0.2) is 18.2 Å². The molecule has 5 nitrogen and oxygen atoms in total. The summed E-state index contributed by atoms with van der Waals surface area (Å²) in [4.78, 5) is 0. The molecule has 1 heterocycles. The first-order valence-corrected chi connectivity index (χ1v) is 5.33. The Morgan fingerprint density at radius 1 is 1.47 bits per heavy atom. The van der Waals surface area contributed by atoms with E-state index in [0.717, 1.165) is 0 Å². The molecule has 2 aromatic rings. The van der Waals surface area contributed by atoms with E-state index in [1.807, 2.05) is 0 Å². The van der Waals surface area contributed by atoms with Gasteiger partial charge in [-0.25, -0.2) is 4.39 Å². The Balaban J connectivity index is 2.49. The van der Waals surface area contributed by atoms with Gasteiger partial charge < -0.3 is 4.74 Å². The zero-order valence-corrected chi connectivity index (χ0v) is 10.0. The lowest BCUT2D eigenvalue weighted by Crippen LogP contribution is -2.04. The number of halogens is 2. The lowest BCUT2D eigenvalue weighted by atomic mass is 10.3. The standard InChI is InChI=1S/C10H10ClFN4O/c1-6(11)10-13-14-15-16(10)7-3-4-8(12)9(5-7)17-2/h3-6H,1-2H3. The molecule has 90 valence electrons. The molecular formula is C10H10ClFN4O. The van der Waals surface area contributed by atoms with Crippen LogP contribution in [0.5, 0.6) is 5.75 Å². The maximum Gasteiger partial charge on any atom is 0.174 e. The Labute approximate surface area is 102 Å². The highest BCUT2D eigenvalue weighted by Crippen LogP contribution is 2.23. The average molecular weight is 257 g/mol. The van der Waals surface area contributed by atoms with E-state index >= 15 is 0 Å². The molecule has 0 saturated heterocycles. The van der Waals surface area contributed by atoms with E-state index in [0.29, 0.717) is 11.5 Å². The summed E-state index contributed by atoms with van der Waals surface area (Å²) in [5.74, 6) is 0.177. The number of hydrogen-bond acceptors (Lipinski definition) is 4. The van der Waals surface area contributed by atoms with E-state index < -0.39 is 5.82 Å². The highest BCUT2D eigenvalue weighted by Gasteiger charge is 2.14. The minimum Gasteiger partial charge on any atom is -0.494 e.